The van der Waals surface area contributed by atoms with Crippen LogP contribution >= 0.6 is 35.2 Å². The van der Waals surface area contributed by atoms with Crippen LogP contribution in [0.25, 0.3) is 11.2 Å². The standard InChI is InChI=1S/C28H46N7O20P3S/c1-28(2,23(42)26(43)31-7-6-17(37)30-8-9-59-19(40)10-15(36)4-3-5-18(38)39)12-52-58(49,50)55-57(47,48)51-11-16-22(54-56(44,45)46)21(41)27(53-16)35-14-34-20-24(29)32-13-33-25(20)35/h13-16,21-23,27,36,41-42H,3-12H2,1-2H3,(H,30,37)(H,31,43)(H,38,39)(H,47,48)(H,49,50)(H2,29,32,33)(H2,44,45,46)/t15?,16-,21-,22-,23+,27-/m1/s1. The first-order valence-electron chi connectivity index (χ1n) is 17.3. The van der Waals surface area contributed by atoms with E-state index in [-0.39, 0.29) is 73.0 Å². The van der Waals surface area contributed by atoms with Gasteiger partial charge < -0.3 is 61.1 Å². The van der Waals surface area contributed by atoms with E-state index in [4.69, 9.17) is 24.6 Å². The predicted octanol–water partition coefficient (Wildman–Crippen LogP) is -1.33. The Morgan fingerprint density at radius 3 is 2.36 bits per heavy atom. The van der Waals surface area contributed by atoms with Crippen molar-refractivity contribution in [2.45, 2.75) is 82.7 Å². The fourth-order valence-electron chi connectivity index (χ4n) is 5.14. The molecular weight excluding hydrogens is 879 g/mol. The number of nitrogen functional groups attached to an aromatic ring is 1. The number of phosphoric acid groups is 3. The maximum absolute atomic E-state index is 12.7. The molecule has 334 valence electrons. The largest absolute Gasteiger partial charge is 0.481 e. The van der Waals surface area contributed by atoms with E-state index < -0.39 is 96.6 Å². The molecule has 3 rings (SSSR count). The summed E-state index contributed by atoms with van der Waals surface area (Å²) in [4.78, 5) is 98.0. The molecule has 0 bridgehead atoms. The molecule has 2 aromatic rings. The van der Waals surface area contributed by atoms with Crippen LogP contribution in [0.15, 0.2) is 12.7 Å². The van der Waals surface area contributed by atoms with Crippen LogP contribution in [0, 0.1) is 5.41 Å². The Labute approximate surface area is 338 Å². The Morgan fingerprint density at radius 2 is 1.69 bits per heavy atom. The van der Waals surface area contributed by atoms with E-state index in [1.165, 1.54) is 13.8 Å². The van der Waals surface area contributed by atoms with Gasteiger partial charge in [0.1, 0.15) is 36.3 Å². The van der Waals surface area contributed by atoms with Crippen molar-refractivity contribution >= 4 is 75.1 Å². The molecule has 2 amide bonds. The lowest BCUT2D eigenvalue weighted by Gasteiger charge is -2.30. The number of carbonyl (C=O) groups excluding carboxylic acids is 3. The summed E-state index contributed by atoms with van der Waals surface area (Å²) < 4.78 is 62.0. The number of rotatable bonds is 25. The molecule has 1 fully saturated rings. The molecule has 0 aromatic carbocycles. The Kier molecular flexibility index (Phi) is 18.5. The zero-order valence-electron chi connectivity index (χ0n) is 31.3. The van der Waals surface area contributed by atoms with Gasteiger partial charge in [0.2, 0.25) is 11.8 Å². The molecule has 3 heterocycles. The van der Waals surface area contributed by atoms with Gasteiger partial charge in [-0.1, -0.05) is 25.6 Å². The number of phosphoric ester groups is 3. The number of aliphatic hydroxyl groups excluding tert-OH is 3. The van der Waals surface area contributed by atoms with Crippen LogP contribution < -0.4 is 16.4 Å². The number of hydrogen-bond donors (Lipinski definition) is 11. The molecule has 1 saturated heterocycles. The third kappa shape index (κ3) is 16.4. The topological polar surface area (TPSA) is 421 Å². The Bertz CT molecular complexity index is 1940. The predicted molar refractivity (Wildman–Crippen MR) is 199 cm³/mol. The summed E-state index contributed by atoms with van der Waals surface area (Å²) >= 11 is 0.862. The number of amides is 2. The Balaban J connectivity index is 1.44. The number of nitrogens with two attached hydrogens (primary N) is 1. The number of carbonyl (C=O) groups is 4. The number of anilines is 1. The number of ether oxygens (including phenoxy) is 1. The van der Waals surface area contributed by atoms with E-state index in [9.17, 15) is 67.8 Å². The number of aliphatic hydroxyl groups is 3. The van der Waals surface area contributed by atoms with Crippen molar-refractivity contribution in [3.05, 3.63) is 12.7 Å². The fourth-order valence-corrected chi connectivity index (χ4v) is 8.71. The maximum atomic E-state index is 12.7. The lowest BCUT2D eigenvalue weighted by molar-refractivity contribution is -0.138. The molecule has 0 aliphatic carbocycles. The number of carboxylic acid groups (broad SMARTS) is 1. The van der Waals surface area contributed by atoms with Crippen molar-refractivity contribution in [1.82, 2.24) is 30.2 Å². The van der Waals surface area contributed by atoms with E-state index in [1.54, 1.807) is 0 Å². The summed E-state index contributed by atoms with van der Waals surface area (Å²) in [6, 6.07) is 0. The minimum atomic E-state index is -5.60. The van der Waals surface area contributed by atoms with Gasteiger partial charge in [-0.15, -0.1) is 0 Å². The van der Waals surface area contributed by atoms with Crippen LogP contribution in [0.1, 0.15) is 52.2 Å². The second kappa shape index (κ2) is 21.7. The lowest BCUT2D eigenvalue weighted by atomic mass is 9.87. The molecular formula is C28H46N7O20P3S. The molecule has 0 spiro atoms. The highest BCUT2D eigenvalue weighted by Crippen LogP contribution is 2.61. The molecule has 12 N–H and O–H groups in total. The molecule has 0 radical (unpaired) electrons. The number of hydrogen-bond acceptors (Lipinski definition) is 20. The first-order valence-corrected chi connectivity index (χ1v) is 22.8. The number of carboxylic acids is 1. The monoisotopic (exact) mass is 925 g/mol. The van der Waals surface area contributed by atoms with Gasteiger partial charge in [0, 0.05) is 43.5 Å². The summed E-state index contributed by atoms with van der Waals surface area (Å²) in [5, 5.41) is 44.3. The van der Waals surface area contributed by atoms with Gasteiger partial charge in [0.25, 0.3) is 0 Å². The normalized spacial score (nSPS) is 21.6. The zero-order valence-corrected chi connectivity index (χ0v) is 34.8. The Morgan fingerprint density at radius 1 is 1.02 bits per heavy atom. The van der Waals surface area contributed by atoms with Crippen LogP contribution in [0.2, 0.25) is 0 Å². The molecule has 31 heteroatoms. The highest BCUT2D eigenvalue weighted by molar-refractivity contribution is 8.13. The number of aromatic nitrogens is 4. The van der Waals surface area contributed by atoms with Crippen LogP contribution in [0.4, 0.5) is 5.82 Å². The molecule has 27 nitrogen and oxygen atoms in total. The summed E-state index contributed by atoms with van der Waals surface area (Å²) in [5.74, 6) is -2.44. The summed E-state index contributed by atoms with van der Waals surface area (Å²) in [6.07, 6.45) is -8.05. The number of thioether (sulfide) groups is 1. The van der Waals surface area contributed by atoms with E-state index in [0.29, 0.717) is 0 Å². The number of nitrogens with one attached hydrogen (secondary N) is 2. The second-order valence-corrected chi connectivity index (χ2v) is 18.8. The van der Waals surface area contributed by atoms with Crippen LogP contribution in [-0.4, -0.2) is 145 Å². The number of nitrogens with zero attached hydrogens (tertiary/aromatic N) is 4. The van der Waals surface area contributed by atoms with Crippen LogP contribution in [0.5, 0.6) is 0 Å². The van der Waals surface area contributed by atoms with E-state index >= 15 is 0 Å². The highest BCUT2D eigenvalue weighted by atomic mass is 32.2. The van der Waals surface area contributed by atoms with Crippen LogP contribution in [0.3, 0.4) is 0 Å². The van der Waals surface area contributed by atoms with Crippen molar-refractivity contribution in [3.8, 4) is 0 Å². The number of fused-ring (bicyclic) bond motifs is 1. The Hall–Kier alpha value is -3.01. The highest BCUT2D eigenvalue weighted by Gasteiger charge is 2.50. The van der Waals surface area contributed by atoms with Crippen molar-refractivity contribution in [3.63, 3.8) is 0 Å². The average molecular weight is 926 g/mol. The quantitative estimate of drug-likeness (QED) is 0.0406. The molecule has 59 heavy (non-hydrogen) atoms. The minimum absolute atomic E-state index is 0.0169. The van der Waals surface area contributed by atoms with E-state index in [0.717, 1.165) is 29.0 Å². The third-order valence-electron chi connectivity index (χ3n) is 8.10. The van der Waals surface area contributed by atoms with Crippen LogP contribution in [-0.2, 0) is 55.5 Å². The third-order valence-corrected chi connectivity index (χ3v) is 12.1. The SMILES string of the molecule is CC(C)(COP(=O)(O)OP(=O)(O)OC[C@H]1O[C@@H](n2cnc3c(N)ncnc32)[C@H](O)[C@@H]1OP(=O)(O)O)[C@@H](O)C(=O)NCCC(=O)NCCSC(=O)CC(O)CCCC(=O)O. The van der Waals surface area contributed by atoms with Crippen molar-refractivity contribution in [1.29, 1.82) is 0 Å². The van der Waals surface area contributed by atoms with Gasteiger partial charge in [0.15, 0.2) is 22.8 Å². The molecule has 1 aliphatic rings. The number of imidazole rings is 1. The van der Waals surface area contributed by atoms with Crippen molar-refractivity contribution in [2.24, 2.45) is 5.41 Å². The van der Waals surface area contributed by atoms with Gasteiger partial charge >= 0.3 is 29.4 Å². The molecule has 0 saturated carbocycles. The van der Waals surface area contributed by atoms with Crippen molar-refractivity contribution in [2.75, 3.05) is 37.8 Å². The maximum Gasteiger partial charge on any atom is 0.481 e. The van der Waals surface area contributed by atoms with Gasteiger partial charge in [-0.3, -0.25) is 37.3 Å². The first-order chi connectivity index (χ1) is 27.3. The molecule has 2 aromatic heterocycles. The van der Waals surface area contributed by atoms with Gasteiger partial charge in [0.05, 0.1) is 25.6 Å². The fraction of sp³-hybridized carbons (Fsp3) is 0.679. The van der Waals surface area contributed by atoms with Gasteiger partial charge in [-0.25, -0.2) is 28.6 Å². The first kappa shape index (κ1) is 50.3. The summed E-state index contributed by atoms with van der Waals surface area (Å²) in [6.45, 7) is 0.176. The van der Waals surface area contributed by atoms with Crippen molar-refractivity contribution < 1.29 is 95.5 Å². The summed E-state index contributed by atoms with van der Waals surface area (Å²) in [5.41, 5.74) is 4.19. The van der Waals surface area contributed by atoms with Gasteiger partial charge in [-0.05, 0) is 12.8 Å². The van der Waals surface area contributed by atoms with E-state index in [1.807, 2.05) is 0 Å². The molecule has 8 atom stereocenters. The smallest absolute Gasteiger partial charge is 0.481 e. The minimum Gasteiger partial charge on any atom is -0.481 e. The zero-order chi connectivity index (χ0) is 44.3. The second-order valence-electron chi connectivity index (χ2n) is 13.4. The number of aliphatic carboxylic acids is 1. The van der Waals surface area contributed by atoms with E-state index in [2.05, 4.69) is 34.4 Å². The summed E-state index contributed by atoms with van der Waals surface area (Å²) in [7, 11) is -16.5. The average Bonchev–Trinajstić information content (AvgIpc) is 3.67. The lowest BCUT2D eigenvalue weighted by Crippen LogP contribution is -2.46. The van der Waals surface area contributed by atoms with Gasteiger partial charge in [-0.2, -0.15) is 4.31 Å². The molecule has 3 unspecified atom stereocenters. The molecule has 1 aliphatic heterocycles.